The second-order valence-corrected chi connectivity index (χ2v) is 6.04. The lowest BCUT2D eigenvalue weighted by molar-refractivity contribution is 0.0697. The molecule has 1 saturated carbocycles. The summed E-state index contributed by atoms with van der Waals surface area (Å²) in [7, 11) is 0. The Bertz CT molecular complexity index is 901. The van der Waals surface area contributed by atoms with Crippen molar-refractivity contribution >= 4 is 33.5 Å². The number of carboxylic acid groups (broad SMARTS) is 1. The van der Waals surface area contributed by atoms with Crippen LogP contribution in [0.15, 0.2) is 36.7 Å². The molecule has 0 amide bonds. The van der Waals surface area contributed by atoms with Crippen LogP contribution in [-0.2, 0) is 0 Å². The van der Waals surface area contributed by atoms with E-state index in [1.807, 2.05) is 18.3 Å². The molecule has 0 unspecified atom stereocenters. The van der Waals surface area contributed by atoms with Crippen LogP contribution in [0.5, 0.6) is 0 Å². The van der Waals surface area contributed by atoms with Crippen LogP contribution in [0.25, 0.3) is 21.7 Å². The van der Waals surface area contributed by atoms with Gasteiger partial charge in [0.25, 0.3) is 0 Å². The van der Waals surface area contributed by atoms with Crippen LogP contribution in [-0.4, -0.2) is 27.1 Å². The molecule has 0 bridgehead atoms. The van der Waals surface area contributed by atoms with Crippen LogP contribution in [0.2, 0.25) is 0 Å². The molecule has 1 aliphatic rings. The topological polar surface area (TPSA) is 75.1 Å². The highest BCUT2D eigenvalue weighted by molar-refractivity contribution is 6.10. The molecule has 0 aliphatic heterocycles. The SMILES string of the molecule is O=C(O)c1ccc2c(c1)nc(NC1CCCC1)c1ccncc12. The molecular weight excluding hydrogens is 290 g/mol. The fraction of sp³-hybridized carbons (Fsp3) is 0.278. The Morgan fingerprint density at radius 3 is 2.74 bits per heavy atom. The number of rotatable bonds is 3. The highest BCUT2D eigenvalue weighted by atomic mass is 16.4. The molecule has 0 saturated heterocycles. The van der Waals surface area contributed by atoms with Gasteiger partial charge in [-0.05, 0) is 31.0 Å². The summed E-state index contributed by atoms with van der Waals surface area (Å²) in [5.74, 6) is -0.116. The third kappa shape index (κ3) is 2.48. The van der Waals surface area contributed by atoms with Crippen molar-refractivity contribution in [1.29, 1.82) is 0 Å². The van der Waals surface area contributed by atoms with Gasteiger partial charge in [-0.2, -0.15) is 0 Å². The van der Waals surface area contributed by atoms with Gasteiger partial charge in [0, 0.05) is 34.6 Å². The smallest absolute Gasteiger partial charge is 0.335 e. The van der Waals surface area contributed by atoms with Gasteiger partial charge in [-0.15, -0.1) is 0 Å². The number of hydrogen-bond donors (Lipinski definition) is 2. The van der Waals surface area contributed by atoms with E-state index in [9.17, 15) is 9.90 Å². The van der Waals surface area contributed by atoms with Gasteiger partial charge in [0.05, 0.1) is 11.1 Å². The molecule has 4 rings (SSSR count). The summed E-state index contributed by atoms with van der Waals surface area (Å²) in [6, 6.07) is 7.46. The van der Waals surface area contributed by atoms with Crippen molar-refractivity contribution in [3.05, 3.63) is 42.2 Å². The summed E-state index contributed by atoms with van der Waals surface area (Å²) in [5, 5.41) is 15.7. The first-order valence-corrected chi connectivity index (χ1v) is 7.90. The Morgan fingerprint density at radius 2 is 1.96 bits per heavy atom. The van der Waals surface area contributed by atoms with Gasteiger partial charge in [-0.1, -0.05) is 18.9 Å². The van der Waals surface area contributed by atoms with E-state index in [0.29, 0.717) is 11.6 Å². The lowest BCUT2D eigenvalue weighted by Crippen LogP contribution is -2.15. The molecule has 1 aromatic carbocycles. The highest BCUT2D eigenvalue weighted by Crippen LogP contribution is 2.31. The van der Waals surface area contributed by atoms with Crippen molar-refractivity contribution in [2.45, 2.75) is 31.7 Å². The van der Waals surface area contributed by atoms with Crippen LogP contribution in [0, 0.1) is 0 Å². The Kier molecular flexibility index (Phi) is 3.33. The highest BCUT2D eigenvalue weighted by Gasteiger charge is 2.17. The van der Waals surface area contributed by atoms with Crippen molar-refractivity contribution in [2.75, 3.05) is 5.32 Å². The first-order chi connectivity index (χ1) is 11.2. The summed E-state index contributed by atoms with van der Waals surface area (Å²) in [6.07, 6.45) is 8.38. The molecule has 5 heteroatoms. The van der Waals surface area contributed by atoms with Gasteiger partial charge in [-0.3, -0.25) is 4.98 Å². The summed E-state index contributed by atoms with van der Waals surface area (Å²) in [5.41, 5.74) is 0.936. The monoisotopic (exact) mass is 307 g/mol. The second-order valence-electron chi connectivity index (χ2n) is 6.04. The second kappa shape index (κ2) is 5.50. The van der Waals surface area contributed by atoms with Crippen molar-refractivity contribution in [3.63, 3.8) is 0 Å². The normalized spacial score (nSPS) is 15.3. The van der Waals surface area contributed by atoms with Crippen molar-refractivity contribution in [2.24, 2.45) is 0 Å². The molecule has 2 heterocycles. The number of anilines is 1. The number of fused-ring (bicyclic) bond motifs is 3. The zero-order chi connectivity index (χ0) is 15.8. The fourth-order valence-corrected chi connectivity index (χ4v) is 3.35. The maximum Gasteiger partial charge on any atom is 0.335 e. The molecule has 116 valence electrons. The zero-order valence-electron chi connectivity index (χ0n) is 12.6. The Labute approximate surface area is 133 Å². The maximum absolute atomic E-state index is 11.2. The largest absolute Gasteiger partial charge is 0.478 e. The Balaban J connectivity index is 1.92. The quantitative estimate of drug-likeness (QED) is 0.719. The summed E-state index contributed by atoms with van der Waals surface area (Å²) >= 11 is 0. The van der Waals surface area contributed by atoms with E-state index >= 15 is 0 Å². The van der Waals surface area contributed by atoms with Gasteiger partial charge < -0.3 is 10.4 Å². The van der Waals surface area contributed by atoms with Crippen LogP contribution in [0.3, 0.4) is 0 Å². The molecule has 3 aromatic rings. The number of aromatic nitrogens is 2. The average Bonchev–Trinajstić information content (AvgIpc) is 3.07. The van der Waals surface area contributed by atoms with E-state index in [0.717, 1.165) is 34.8 Å². The molecular formula is C18H17N3O2. The third-order valence-electron chi connectivity index (χ3n) is 4.54. The molecule has 5 nitrogen and oxygen atoms in total. The van der Waals surface area contributed by atoms with Crippen LogP contribution >= 0.6 is 0 Å². The van der Waals surface area contributed by atoms with E-state index in [-0.39, 0.29) is 5.56 Å². The first kappa shape index (κ1) is 13.9. The molecule has 0 spiro atoms. The van der Waals surface area contributed by atoms with E-state index in [1.165, 1.54) is 12.8 Å². The molecule has 2 N–H and O–H groups in total. The molecule has 1 aliphatic carbocycles. The van der Waals surface area contributed by atoms with E-state index in [2.05, 4.69) is 10.3 Å². The number of carbonyl (C=O) groups is 1. The predicted molar refractivity (Wildman–Crippen MR) is 89.9 cm³/mol. The minimum absolute atomic E-state index is 0.250. The van der Waals surface area contributed by atoms with Crippen molar-refractivity contribution < 1.29 is 9.90 Å². The number of carboxylic acids is 1. The van der Waals surface area contributed by atoms with Gasteiger partial charge >= 0.3 is 5.97 Å². The maximum atomic E-state index is 11.2. The minimum atomic E-state index is -0.940. The standard InChI is InChI=1S/C18H17N3O2/c22-18(23)11-5-6-13-15-10-19-8-7-14(15)17(21-16(13)9-11)20-12-3-1-2-4-12/h5-10,12H,1-4H2,(H,20,21)(H,22,23). The molecule has 23 heavy (non-hydrogen) atoms. The van der Waals surface area contributed by atoms with E-state index < -0.39 is 5.97 Å². The predicted octanol–water partition coefficient (Wildman–Crippen LogP) is 3.84. The van der Waals surface area contributed by atoms with Gasteiger partial charge in [0.15, 0.2) is 0 Å². The van der Waals surface area contributed by atoms with E-state index in [1.54, 1.807) is 18.3 Å². The van der Waals surface area contributed by atoms with Crippen molar-refractivity contribution in [1.82, 2.24) is 9.97 Å². The zero-order valence-corrected chi connectivity index (χ0v) is 12.6. The first-order valence-electron chi connectivity index (χ1n) is 7.90. The van der Waals surface area contributed by atoms with Gasteiger partial charge in [-0.25, -0.2) is 9.78 Å². The number of aromatic carboxylic acids is 1. The third-order valence-corrected chi connectivity index (χ3v) is 4.54. The van der Waals surface area contributed by atoms with Gasteiger partial charge in [0.2, 0.25) is 0 Å². The lowest BCUT2D eigenvalue weighted by Gasteiger charge is -2.16. The molecule has 0 atom stereocenters. The molecule has 2 aromatic heterocycles. The average molecular weight is 307 g/mol. The van der Waals surface area contributed by atoms with Crippen LogP contribution < -0.4 is 5.32 Å². The Hall–Kier alpha value is -2.69. The number of benzene rings is 1. The number of nitrogens with zero attached hydrogens (tertiary/aromatic N) is 2. The summed E-state index contributed by atoms with van der Waals surface area (Å²) in [4.78, 5) is 20.1. The lowest BCUT2D eigenvalue weighted by atomic mass is 10.1. The minimum Gasteiger partial charge on any atom is -0.478 e. The molecule has 0 radical (unpaired) electrons. The summed E-state index contributed by atoms with van der Waals surface area (Å²) in [6.45, 7) is 0. The van der Waals surface area contributed by atoms with Gasteiger partial charge in [0.1, 0.15) is 5.82 Å². The van der Waals surface area contributed by atoms with Crippen LogP contribution in [0.1, 0.15) is 36.0 Å². The van der Waals surface area contributed by atoms with Crippen LogP contribution in [0.4, 0.5) is 5.82 Å². The molecule has 1 fully saturated rings. The Morgan fingerprint density at radius 1 is 1.13 bits per heavy atom. The van der Waals surface area contributed by atoms with E-state index in [4.69, 9.17) is 4.98 Å². The van der Waals surface area contributed by atoms with Crippen molar-refractivity contribution in [3.8, 4) is 0 Å². The summed E-state index contributed by atoms with van der Waals surface area (Å²) < 4.78 is 0. The number of nitrogens with one attached hydrogen (secondary N) is 1. The number of pyridine rings is 2. The number of hydrogen-bond acceptors (Lipinski definition) is 4. The fourth-order valence-electron chi connectivity index (χ4n) is 3.35.